The minimum Gasteiger partial charge on any atom is -0.345 e. The number of benzene rings is 1. The second-order valence-corrected chi connectivity index (χ2v) is 9.55. The average molecular weight is 410 g/mol. The molecule has 0 spiro atoms. The van der Waals surface area contributed by atoms with Crippen LogP contribution in [0.15, 0.2) is 29.2 Å². The smallest absolute Gasteiger partial charge is 0.263 e. The summed E-state index contributed by atoms with van der Waals surface area (Å²) in [5.41, 5.74) is 3.69. The molecule has 1 aromatic carbocycles. The summed E-state index contributed by atoms with van der Waals surface area (Å²) >= 11 is 7.51. The molecule has 138 valence electrons. The number of nitrogens with zero attached hydrogens (tertiary/aromatic N) is 2. The van der Waals surface area contributed by atoms with Crippen LogP contribution in [0.1, 0.15) is 21.8 Å². The third kappa shape index (κ3) is 3.39. The summed E-state index contributed by atoms with van der Waals surface area (Å²) in [6.07, 6.45) is 0. The molecule has 0 radical (unpaired) electrons. The van der Waals surface area contributed by atoms with Gasteiger partial charge in [-0.1, -0.05) is 11.6 Å². The molecule has 0 amide bonds. The zero-order chi connectivity index (χ0) is 19.2. The molecule has 0 fully saturated rings. The van der Waals surface area contributed by atoms with Crippen LogP contribution >= 0.6 is 22.9 Å². The van der Waals surface area contributed by atoms with Crippen LogP contribution in [0.25, 0.3) is 10.7 Å². The molecule has 1 N–H and O–H groups in total. The lowest BCUT2D eigenvalue weighted by molar-refractivity contribution is 0.600. The minimum absolute atomic E-state index is 0.245. The molecule has 2 aromatic heterocycles. The Hall–Kier alpha value is -1.83. The van der Waals surface area contributed by atoms with E-state index >= 15 is 0 Å². The molecule has 3 aromatic rings. The number of thiazole rings is 1. The minimum atomic E-state index is -3.73. The van der Waals surface area contributed by atoms with E-state index in [1.807, 2.05) is 32.4 Å². The van der Waals surface area contributed by atoms with Gasteiger partial charge in [-0.25, -0.2) is 13.4 Å². The number of hydrogen-bond donors (Lipinski definition) is 1. The highest BCUT2D eigenvalue weighted by Crippen LogP contribution is 2.33. The molecular formula is C18H20ClN3O2S2. The van der Waals surface area contributed by atoms with Gasteiger partial charge in [-0.2, -0.15) is 0 Å². The van der Waals surface area contributed by atoms with Gasteiger partial charge in [-0.15, -0.1) is 11.3 Å². The van der Waals surface area contributed by atoms with Crippen LogP contribution in [-0.4, -0.2) is 18.0 Å². The predicted octanol–water partition coefficient (Wildman–Crippen LogP) is 4.84. The van der Waals surface area contributed by atoms with Gasteiger partial charge < -0.3 is 4.57 Å². The van der Waals surface area contributed by atoms with Crippen LogP contribution in [0.5, 0.6) is 0 Å². The SMILES string of the molecule is Cc1cc(Cl)ccc1NS(=O)(=O)c1cc(-c2nc(C)c(C)s2)n(C)c1C. The Morgan fingerprint density at radius 1 is 1.15 bits per heavy atom. The maximum absolute atomic E-state index is 13.0. The van der Waals surface area contributed by atoms with Gasteiger partial charge in [-0.3, -0.25) is 4.72 Å². The van der Waals surface area contributed by atoms with E-state index < -0.39 is 10.0 Å². The summed E-state index contributed by atoms with van der Waals surface area (Å²) in [7, 11) is -1.88. The van der Waals surface area contributed by atoms with Crippen molar-refractivity contribution >= 4 is 38.6 Å². The van der Waals surface area contributed by atoms with Crippen LogP contribution in [0.2, 0.25) is 5.02 Å². The highest BCUT2D eigenvalue weighted by Gasteiger charge is 2.24. The van der Waals surface area contributed by atoms with Gasteiger partial charge >= 0.3 is 0 Å². The van der Waals surface area contributed by atoms with Gasteiger partial charge in [0.2, 0.25) is 0 Å². The van der Waals surface area contributed by atoms with Crippen molar-refractivity contribution in [1.82, 2.24) is 9.55 Å². The number of nitrogens with one attached hydrogen (secondary N) is 1. The molecule has 0 aliphatic rings. The van der Waals surface area contributed by atoms with E-state index in [2.05, 4.69) is 9.71 Å². The van der Waals surface area contributed by atoms with E-state index in [-0.39, 0.29) is 4.90 Å². The fourth-order valence-corrected chi connectivity index (χ4v) is 5.29. The summed E-state index contributed by atoms with van der Waals surface area (Å²) in [5, 5.41) is 1.38. The van der Waals surface area contributed by atoms with Gasteiger partial charge in [0.1, 0.15) is 9.90 Å². The number of aryl methyl sites for hydroxylation is 3. The fourth-order valence-electron chi connectivity index (χ4n) is 2.67. The van der Waals surface area contributed by atoms with E-state index in [9.17, 15) is 8.42 Å². The van der Waals surface area contributed by atoms with Crippen molar-refractivity contribution in [3.8, 4) is 10.7 Å². The van der Waals surface area contributed by atoms with E-state index in [1.54, 1.807) is 42.5 Å². The molecule has 0 bridgehead atoms. The Labute approximate surface area is 162 Å². The van der Waals surface area contributed by atoms with Gasteiger partial charge in [0.15, 0.2) is 0 Å². The van der Waals surface area contributed by atoms with Crippen molar-refractivity contribution in [2.45, 2.75) is 32.6 Å². The Bertz CT molecular complexity index is 1080. The second kappa shape index (κ2) is 6.72. The van der Waals surface area contributed by atoms with Crippen LogP contribution in [0.3, 0.4) is 0 Å². The summed E-state index contributed by atoms with van der Waals surface area (Å²) in [6.45, 7) is 7.57. The predicted molar refractivity (Wildman–Crippen MR) is 108 cm³/mol. The van der Waals surface area contributed by atoms with Crippen molar-refractivity contribution in [1.29, 1.82) is 0 Å². The summed E-state index contributed by atoms with van der Waals surface area (Å²) in [5.74, 6) is 0. The van der Waals surface area contributed by atoms with Crippen LogP contribution in [0.4, 0.5) is 5.69 Å². The molecular weight excluding hydrogens is 390 g/mol. The Morgan fingerprint density at radius 2 is 1.85 bits per heavy atom. The second-order valence-electron chi connectivity index (χ2n) is 6.26. The van der Waals surface area contributed by atoms with Crippen LogP contribution in [-0.2, 0) is 17.1 Å². The topological polar surface area (TPSA) is 64.0 Å². The zero-order valence-corrected chi connectivity index (χ0v) is 17.6. The van der Waals surface area contributed by atoms with Gasteiger partial charge in [0, 0.05) is 22.6 Å². The van der Waals surface area contributed by atoms with Crippen LogP contribution in [0, 0.1) is 27.7 Å². The first-order valence-corrected chi connectivity index (χ1v) is 10.7. The normalized spacial score (nSPS) is 11.8. The van der Waals surface area contributed by atoms with Crippen LogP contribution < -0.4 is 4.72 Å². The quantitative estimate of drug-likeness (QED) is 0.670. The number of sulfonamides is 1. The third-order valence-corrected chi connectivity index (χ3v) is 7.27. The summed E-state index contributed by atoms with van der Waals surface area (Å²) in [4.78, 5) is 5.92. The van der Waals surface area contributed by atoms with Crippen molar-refractivity contribution in [2.24, 2.45) is 7.05 Å². The highest BCUT2D eigenvalue weighted by molar-refractivity contribution is 7.92. The molecule has 0 aliphatic carbocycles. The molecule has 5 nitrogen and oxygen atoms in total. The van der Waals surface area contributed by atoms with E-state index in [0.717, 1.165) is 26.8 Å². The van der Waals surface area contributed by atoms with E-state index in [1.165, 1.54) is 0 Å². The molecule has 0 aliphatic heterocycles. The van der Waals surface area contributed by atoms with Crippen molar-refractivity contribution in [3.05, 3.63) is 51.1 Å². The lowest BCUT2D eigenvalue weighted by atomic mass is 10.2. The first kappa shape index (κ1) is 18.9. The number of halogens is 1. The lowest BCUT2D eigenvalue weighted by Crippen LogP contribution is -2.14. The lowest BCUT2D eigenvalue weighted by Gasteiger charge is -2.11. The largest absolute Gasteiger partial charge is 0.345 e. The maximum Gasteiger partial charge on any atom is 0.263 e. The fraction of sp³-hybridized carbons (Fsp3) is 0.278. The van der Waals surface area contributed by atoms with Crippen molar-refractivity contribution < 1.29 is 8.42 Å². The molecule has 0 unspecified atom stereocenters. The number of rotatable bonds is 4. The standard InChI is InChI=1S/C18H20ClN3O2S2/c1-10-8-14(19)6-7-15(10)21-26(23,24)17-9-16(22(5)12(17)3)18-20-11(2)13(4)25-18/h6-9,21H,1-5H3. The number of anilines is 1. The molecule has 0 saturated heterocycles. The Morgan fingerprint density at radius 3 is 2.42 bits per heavy atom. The molecule has 8 heteroatoms. The first-order chi connectivity index (χ1) is 12.1. The monoisotopic (exact) mass is 409 g/mol. The highest BCUT2D eigenvalue weighted by atomic mass is 35.5. The van der Waals surface area contributed by atoms with Gasteiger partial charge in [0.25, 0.3) is 10.0 Å². The van der Waals surface area contributed by atoms with Crippen molar-refractivity contribution in [2.75, 3.05) is 4.72 Å². The summed E-state index contributed by atoms with van der Waals surface area (Å²) < 4.78 is 30.4. The molecule has 26 heavy (non-hydrogen) atoms. The van der Waals surface area contributed by atoms with Gasteiger partial charge in [0.05, 0.1) is 17.1 Å². The van der Waals surface area contributed by atoms with Crippen molar-refractivity contribution in [3.63, 3.8) is 0 Å². The Balaban J connectivity index is 2.04. The number of aromatic nitrogens is 2. The zero-order valence-electron chi connectivity index (χ0n) is 15.2. The van der Waals surface area contributed by atoms with Gasteiger partial charge in [-0.05, 0) is 57.5 Å². The van der Waals surface area contributed by atoms with E-state index in [4.69, 9.17) is 11.6 Å². The number of hydrogen-bond acceptors (Lipinski definition) is 4. The average Bonchev–Trinajstić information content (AvgIpc) is 3.03. The third-order valence-electron chi connectivity index (χ3n) is 4.46. The molecule has 0 saturated carbocycles. The maximum atomic E-state index is 13.0. The first-order valence-electron chi connectivity index (χ1n) is 8.00. The molecule has 2 heterocycles. The Kier molecular flexibility index (Phi) is 4.90. The molecule has 0 atom stereocenters. The van der Waals surface area contributed by atoms with E-state index in [0.29, 0.717) is 16.4 Å². The molecule has 3 rings (SSSR count). The summed E-state index contributed by atoms with van der Waals surface area (Å²) in [6, 6.07) is 6.74.